The van der Waals surface area contributed by atoms with E-state index in [-0.39, 0.29) is 5.60 Å². The Morgan fingerprint density at radius 2 is 1.91 bits per heavy atom. The third kappa shape index (κ3) is 3.02. The number of carbonyl (C=O) groups excluding carboxylic acids is 1. The summed E-state index contributed by atoms with van der Waals surface area (Å²) < 4.78 is 7.10. The Bertz CT molecular complexity index is 833. The Hall–Kier alpha value is -0.670. The van der Waals surface area contributed by atoms with E-state index in [1.165, 1.54) is 45.1 Å². The zero-order chi connectivity index (χ0) is 22.4. The summed E-state index contributed by atoms with van der Waals surface area (Å²) in [6.07, 6.45) is 12.2. The summed E-state index contributed by atoms with van der Waals surface area (Å²) in [6.45, 7) is 11.1. The number of likely N-dealkylation sites (tertiary alicyclic amines) is 1. The number of piperidine rings is 1. The van der Waals surface area contributed by atoms with Gasteiger partial charge >= 0.3 is 0 Å². The van der Waals surface area contributed by atoms with Gasteiger partial charge in [-0.2, -0.15) is 0 Å². The van der Waals surface area contributed by atoms with Crippen molar-refractivity contribution in [2.24, 2.45) is 40.9 Å². The number of Topliss-reactive ketones (excluding diaryl/α,β-unsaturated/α-hetero) is 1. The van der Waals surface area contributed by atoms with Gasteiger partial charge in [-0.15, -0.1) is 0 Å². The van der Waals surface area contributed by atoms with Crippen LogP contribution < -0.4 is 0 Å². The highest BCUT2D eigenvalue weighted by Gasteiger charge is 2.59. The van der Waals surface area contributed by atoms with Crippen molar-refractivity contribution >= 4 is 5.78 Å². The summed E-state index contributed by atoms with van der Waals surface area (Å²) in [5.41, 5.74) is 3.96. The van der Waals surface area contributed by atoms with Crippen molar-refractivity contribution in [2.45, 2.75) is 110 Å². The first-order valence-corrected chi connectivity index (χ1v) is 13.8. The van der Waals surface area contributed by atoms with E-state index in [4.69, 9.17) is 4.74 Å². The molecule has 3 saturated carbocycles. The van der Waals surface area contributed by atoms with E-state index >= 15 is 0 Å². The van der Waals surface area contributed by atoms with Crippen molar-refractivity contribution in [3.8, 4) is 0 Å². The Balaban J connectivity index is 1.28. The molecule has 178 valence electrons. The second kappa shape index (κ2) is 7.41. The number of nitrogens with zero attached hydrogens (tertiary/aromatic N) is 1. The molecule has 10 atom stereocenters. The summed E-state index contributed by atoms with van der Waals surface area (Å²) >= 11 is 0. The van der Waals surface area contributed by atoms with E-state index in [0.29, 0.717) is 35.2 Å². The summed E-state index contributed by atoms with van der Waals surface area (Å²) in [4.78, 5) is 14.8. The number of hydrogen-bond acceptors (Lipinski definition) is 3. The van der Waals surface area contributed by atoms with Crippen molar-refractivity contribution in [2.75, 3.05) is 13.6 Å². The van der Waals surface area contributed by atoms with Gasteiger partial charge in [0.25, 0.3) is 0 Å². The lowest BCUT2D eigenvalue weighted by atomic mass is 9.52. The number of ether oxygens (including phenoxy) is 1. The standard InChI is InChI=1S/C29H45NO2/c1-17-12-26-27(30(5)16-17)19(3)29(32-26)11-9-22-23-7-6-20-13-21(31)8-10-28(20,4)25(23)14-24(22)18(2)15-29/h17,19-20,22-23,25-27H,6-16H2,1-5H3/t17-,19+,20+,22-,23?,25-,26+,27-,28-,29?/m0/s1. The molecule has 0 radical (unpaired) electrons. The lowest BCUT2D eigenvalue weighted by Crippen LogP contribution is -2.49. The molecule has 2 saturated heterocycles. The fourth-order valence-corrected chi connectivity index (χ4v) is 10.2. The van der Waals surface area contributed by atoms with Crippen LogP contribution in [0.2, 0.25) is 0 Å². The number of fused-ring (bicyclic) bond motifs is 6. The van der Waals surface area contributed by atoms with Gasteiger partial charge in [0.05, 0.1) is 11.7 Å². The maximum Gasteiger partial charge on any atom is 0.133 e. The number of likely N-dealkylation sites (N-methyl/N-ethyl adjacent to an activating group) is 1. The molecule has 0 amide bonds. The number of hydrogen-bond donors (Lipinski definition) is 0. The number of ketones is 1. The summed E-state index contributed by atoms with van der Waals surface area (Å²) in [7, 11) is 2.33. The van der Waals surface area contributed by atoms with Crippen LogP contribution in [0.1, 0.15) is 91.9 Å². The molecule has 0 aromatic heterocycles. The molecule has 0 aromatic rings. The molecule has 2 heterocycles. The molecular weight excluding hydrogens is 394 g/mol. The minimum atomic E-state index is 0.0585. The van der Waals surface area contributed by atoms with Crippen LogP contribution in [-0.4, -0.2) is 42.0 Å². The summed E-state index contributed by atoms with van der Waals surface area (Å²) in [5, 5.41) is 0. The van der Waals surface area contributed by atoms with Gasteiger partial charge in [-0.05, 0) is 100 Å². The molecule has 32 heavy (non-hydrogen) atoms. The molecule has 6 rings (SSSR count). The maximum atomic E-state index is 12.2. The van der Waals surface area contributed by atoms with Crippen LogP contribution in [0.15, 0.2) is 11.1 Å². The highest BCUT2D eigenvalue weighted by molar-refractivity contribution is 5.79. The molecule has 5 fully saturated rings. The molecule has 1 spiro atoms. The van der Waals surface area contributed by atoms with Crippen molar-refractivity contribution in [1.82, 2.24) is 4.90 Å². The Labute approximate surface area is 195 Å². The molecule has 0 N–H and O–H groups in total. The van der Waals surface area contributed by atoms with E-state index < -0.39 is 0 Å². The summed E-state index contributed by atoms with van der Waals surface area (Å²) in [6, 6.07) is 0.601. The fourth-order valence-electron chi connectivity index (χ4n) is 10.2. The Morgan fingerprint density at radius 1 is 1.09 bits per heavy atom. The average molecular weight is 440 g/mol. The van der Waals surface area contributed by atoms with Gasteiger partial charge in [0.1, 0.15) is 5.78 Å². The van der Waals surface area contributed by atoms with Crippen LogP contribution in [0.5, 0.6) is 0 Å². The Kier molecular flexibility index (Phi) is 5.06. The first kappa shape index (κ1) is 21.8. The van der Waals surface area contributed by atoms with Crippen molar-refractivity contribution in [3.05, 3.63) is 11.1 Å². The molecule has 2 unspecified atom stereocenters. The molecule has 0 aromatic carbocycles. The zero-order valence-corrected chi connectivity index (χ0v) is 21.2. The Morgan fingerprint density at radius 3 is 2.72 bits per heavy atom. The van der Waals surface area contributed by atoms with Gasteiger partial charge in [-0.1, -0.05) is 31.9 Å². The average Bonchev–Trinajstić information content (AvgIpc) is 3.19. The molecule has 3 heteroatoms. The first-order valence-electron chi connectivity index (χ1n) is 13.8. The van der Waals surface area contributed by atoms with Crippen LogP contribution in [0.4, 0.5) is 0 Å². The van der Waals surface area contributed by atoms with E-state index in [1.807, 2.05) is 5.57 Å². The van der Waals surface area contributed by atoms with Crippen LogP contribution in [-0.2, 0) is 9.53 Å². The quantitative estimate of drug-likeness (QED) is 0.432. The summed E-state index contributed by atoms with van der Waals surface area (Å²) in [5.74, 6) is 4.99. The van der Waals surface area contributed by atoms with Crippen LogP contribution in [0, 0.1) is 40.9 Å². The van der Waals surface area contributed by atoms with E-state index in [9.17, 15) is 4.79 Å². The normalized spacial score (nSPS) is 53.6. The zero-order valence-electron chi connectivity index (χ0n) is 21.2. The van der Waals surface area contributed by atoms with Crippen molar-refractivity contribution < 1.29 is 9.53 Å². The molecule has 6 aliphatic rings. The number of allylic oxidation sites excluding steroid dienone is 1. The second-order valence-electron chi connectivity index (χ2n) is 13.4. The number of rotatable bonds is 0. The molecule has 4 aliphatic carbocycles. The van der Waals surface area contributed by atoms with Gasteiger partial charge in [-0.25, -0.2) is 0 Å². The van der Waals surface area contributed by atoms with Crippen LogP contribution in [0.25, 0.3) is 0 Å². The highest BCUT2D eigenvalue weighted by Crippen LogP contribution is 2.65. The topological polar surface area (TPSA) is 29.5 Å². The van der Waals surface area contributed by atoms with Gasteiger partial charge in [-0.3, -0.25) is 4.79 Å². The predicted molar refractivity (Wildman–Crippen MR) is 128 cm³/mol. The molecule has 0 bridgehead atoms. The number of carbonyl (C=O) groups is 1. The largest absolute Gasteiger partial charge is 0.369 e. The molecule has 3 nitrogen and oxygen atoms in total. The monoisotopic (exact) mass is 439 g/mol. The van der Waals surface area contributed by atoms with Gasteiger partial charge < -0.3 is 9.64 Å². The van der Waals surface area contributed by atoms with E-state index in [2.05, 4.69) is 39.6 Å². The highest BCUT2D eigenvalue weighted by atomic mass is 16.5. The third-order valence-electron chi connectivity index (χ3n) is 11.8. The van der Waals surface area contributed by atoms with Crippen molar-refractivity contribution in [1.29, 1.82) is 0 Å². The third-order valence-corrected chi connectivity index (χ3v) is 11.8. The van der Waals surface area contributed by atoms with Gasteiger partial charge in [0, 0.05) is 31.3 Å². The van der Waals surface area contributed by atoms with Crippen molar-refractivity contribution in [3.63, 3.8) is 0 Å². The lowest BCUT2D eigenvalue weighted by Gasteiger charge is -2.52. The minimum Gasteiger partial charge on any atom is -0.369 e. The van der Waals surface area contributed by atoms with Gasteiger partial charge in [0.15, 0.2) is 0 Å². The fraction of sp³-hybridized carbons (Fsp3) is 0.897. The second-order valence-corrected chi connectivity index (χ2v) is 13.4. The first-order chi connectivity index (χ1) is 15.2. The SMILES string of the molecule is CC1=C2C[C@H]3C(CC[C@@H]4CC(=O)CC[C@@]43C)[C@@H]2CCC2(C1)O[C@@H]1C[C@H](C)CN(C)[C@H]1[C@H]2C. The van der Waals surface area contributed by atoms with E-state index in [0.717, 1.165) is 49.4 Å². The molecular formula is C29H45NO2. The van der Waals surface area contributed by atoms with Crippen LogP contribution >= 0.6 is 0 Å². The molecule has 2 aliphatic heterocycles. The predicted octanol–water partition coefficient (Wildman–Crippen LogP) is 6.02. The van der Waals surface area contributed by atoms with Gasteiger partial charge in [0.2, 0.25) is 0 Å². The maximum absolute atomic E-state index is 12.2. The van der Waals surface area contributed by atoms with Crippen LogP contribution in [0.3, 0.4) is 0 Å². The lowest BCUT2D eigenvalue weighted by molar-refractivity contribution is -0.129. The minimum absolute atomic E-state index is 0.0585. The smallest absolute Gasteiger partial charge is 0.133 e. The van der Waals surface area contributed by atoms with E-state index in [1.54, 1.807) is 5.57 Å².